The lowest BCUT2D eigenvalue weighted by Gasteiger charge is -2.33. The second kappa shape index (κ2) is 9.48. The fraction of sp³-hybridized carbons (Fsp3) is 0.647. The van der Waals surface area contributed by atoms with Crippen molar-refractivity contribution in [2.24, 2.45) is 0 Å². The van der Waals surface area contributed by atoms with Crippen LogP contribution in [0.1, 0.15) is 30.9 Å². The molecule has 5 heteroatoms. The summed E-state index contributed by atoms with van der Waals surface area (Å²) in [4.78, 5) is 2.28. The Morgan fingerprint density at radius 1 is 1.27 bits per heavy atom. The Balaban J connectivity index is 1.70. The molecule has 1 aliphatic heterocycles. The predicted octanol–water partition coefficient (Wildman–Crippen LogP) is 2.89. The van der Waals surface area contributed by atoms with Gasteiger partial charge in [-0.25, -0.2) is 0 Å². The molecule has 0 bridgehead atoms. The summed E-state index contributed by atoms with van der Waals surface area (Å²) in [7, 11) is 1.71. The molecule has 0 aliphatic carbocycles. The number of benzene rings is 1. The normalized spacial score (nSPS) is 18.5. The number of aliphatic hydroxyl groups is 1. The summed E-state index contributed by atoms with van der Waals surface area (Å²) in [5.41, 5.74) is 0.808. The highest BCUT2D eigenvalue weighted by Crippen LogP contribution is 2.24. The fourth-order valence-electron chi connectivity index (χ4n) is 2.80. The first kappa shape index (κ1) is 17.7. The Morgan fingerprint density at radius 2 is 2.00 bits per heavy atom. The zero-order valence-corrected chi connectivity index (χ0v) is 14.0. The van der Waals surface area contributed by atoms with Gasteiger partial charge in [-0.3, -0.25) is 0 Å². The van der Waals surface area contributed by atoms with Gasteiger partial charge in [0.1, 0.15) is 0 Å². The van der Waals surface area contributed by atoms with Gasteiger partial charge in [0, 0.05) is 50.5 Å². The van der Waals surface area contributed by atoms with Gasteiger partial charge in [-0.2, -0.15) is 0 Å². The maximum atomic E-state index is 10.3. The Morgan fingerprint density at radius 3 is 2.68 bits per heavy atom. The number of likely N-dealkylation sites (tertiary alicyclic amines) is 1. The fourth-order valence-corrected chi connectivity index (χ4v) is 3.06. The lowest BCUT2D eigenvalue weighted by atomic mass is 10.0. The van der Waals surface area contributed by atoms with Crippen molar-refractivity contribution in [2.75, 3.05) is 40.0 Å². The van der Waals surface area contributed by atoms with Crippen LogP contribution in [0, 0.1) is 0 Å². The van der Waals surface area contributed by atoms with Crippen LogP contribution in [0.25, 0.3) is 0 Å². The molecule has 1 atom stereocenters. The van der Waals surface area contributed by atoms with Crippen molar-refractivity contribution in [1.29, 1.82) is 0 Å². The highest BCUT2D eigenvalue weighted by molar-refractivity contribution is 6.31. The molecule has 1 N–H and O–H groups in total. The van der Waals surface area contributed by atoms with Gasteiger partial charge in [0.15, 0.2) is 0 Å². The first-order chi connectivity index (χ1) is 10.7. The van der Waals surface area contributed by atoms with E-state index in [1.54, 1.807) is 7.11 Å². The average Bonchev–Trinajstić information content (AvgIpc) is 2.53. The molecule has 0 aromatic heterocycles. The number of hydrogen-bond acceptors (Lipinski definition) is 4. The molecule has 124 valence electrons. The van der Waals surface area contributed by atoms with E-state index in [2.05, 4.69) is 4.90 Å². The predicted molar refractivity (Wildman–Crippen MR) is 88.3 cm³/mol. The van der Waals surface area contributed by atoms with E-state index in [1.807, 2.05) is 24.3 Å². The maximum absolute atomic E-state index is 10.3. The third-order valence-corrected chi connectivity index (χ3v) is 4.42. The molecule has 0 spiro atoms. The van der Waals surface area contributed by atoms with E-state index in [-0.39, 0.29) is 0 Å². The van der Waals surface area contributed by atoms with E-state index in [4.69, 9.17) is 21.1 Å². The molecule has 1 aliphatic rings. The number of aliphatic hydroxyl groups excluding tert-OH is 1. The van der Waals surface area contributed by atoms with E-state index in [1.165, 1.54) is 0 Å². The third kappa shape index (κ3) is 5.52. The van der Waals surface area contributed by atoms with Crippen molar-refractivity contribution in [3.63, 3.8) is 0 Å². The molecule has 1 fully saturated rings. The summed E-state index contributed by atoms with van der Waals surface area (Å²) in [6.07, 6.45) is 2.78. The van der Waals surface area contributed by atoms with Gasteiger partial charge in [0.25, 0.3) is 0 Å². The molecule has 0 radical (unpaired) electrons. The van der Waals surface area contributed by atoms with Crippen LogP contribution in [-0.2, 0) is 9.47 Å². The highest BCUT2D eigenvalue weighted by atomic mass is 35.5. The molecular weight excluding hydrogens is 302 g/mol. The van der Waals surface area contributed by atoms with E-state index in [0.29, 0.717) is 17.7 Å². The van der Waals surface area contributed by atoms with Crippen molar-refractivity contribution in [1.82, 2.24) is 4.90 Å². The topological polar surface area (TPSA) is 41.9 Å². The van der Waals surface area contributed by atoms with Gasteiger partial charge in [0.05, 0.1) is 12.2 Å². The molecule has 22 heavy (non-hydrogen) atoms. The molecule has 0 saturated carbocycles. The van der Waals surface area contributed by atoms with Crippen LogP contribution in [-0.4, -0.2) is 56.1 Å². The summed E-state index contributed by atoms with van der Waals surface area (Å²) in [6.45, 7) is 4.05. The second-order valence-corrected chi connectivity index (χ2v) is 6.16. The van der Waals surface area contributed by atoms with Gasteiger partial charge in [0.2, 0.25) is 0 Å². The van der Waals surface area contributed by atoms with Crippen molar-refractivity contribution in [2.45, 2.75) is 31.5 Å². The minimum Gasteiger partial charge on any atom is -0.387 e. The van der Waals surface area contributed by atoms with Crippen LogP contribution in [0.2, 0.25) is 5.02 Å². The standard InChI is InChI=1S/C17H26ClNO3/c1-21-11-4-12-22-14-7-9-19(10-8-14)13-17(20)15-5-2-3-6-16(15)18/h2-3,5-6,14,17,20H,4,7-13H2,1H3. The van der Waals surface area contributed by atoms with E-state index < -0.39 is 6.10 Å². The number of β-amino-alcohol motifs (C(OH)–C–C–N with tert-alkyl or cyclic N) is 1. The number of halogens is 1. The SMILES string of the molecule is COCCCOC1CCN(CC(O)c2ccccc2Cl)CC1. The van der Waals surface area contributed by atoms with Gasteiger partial charge in [-0.05, 0) is 25.3 Å². The van der Waals surface area contributed by atoms with Crippen LogP contribution < -0.4 is 0 Å². The van der Waals surface area contributed by atoms with Gasteiger partial charge < -0.3 is 19.5 Å². The summed E-state index contributed by atoms with van der Waals surface area (Å²) in [6, 6.07) is 7.49. The van der Waals surface area contributed by atoms with Gasteiger partial charge in [-0.1, -0.05) is 29.8 Å². The van der Waals surface area contributed by atoms with Crippen molar-refractivity contribution < 1.29 is 14.6 Å². The number of piperidine rings is 1. The van der Waals surface area contributed by atoms with E-state index in [9.17, 15) is 5.11 Å². The monoisotopic (exact) mass is 327 g/mol. The number of ether oxygens (including phenoxy) is 2. The Bertz CT molecular complexity index is 436. The lowest BCUT2D eigenvalue weighted by Crippen LogP contribution is -2.39. The van der Waals surface area contributed by atoms with E-state index in [0.717, 1.165) is 51.1 Å². The quantitative estimate of drug-likeness (QED) is 0.745. The lowest BCUT2D eigenvalue weighted by molar-refractivity contribution is -0.00823. The minimum atomic E-state index is -0.534. The Labute approximate surface area is 138 Å². The molecule has 4 nitrogen and oxygen atoms in total. The summed E-state index contributed by atoms with van der Waals surface area (Å²) in [5, 5.41) is 11.0. The Kier molecular flexibility index (Phi) is 7.63. The number of nitrogens with zero attached hydrogens (tertiary/aromatic N) is 1. The first-order valence-electron chi connectivity index (χ1n) is 7.96. The number of hydrogen-bond donors (Lipinski definition) is 1. The molecule has 1 aromatic carbocycles. The smallest absolute Gasteiger partial charge is 0.0931 e. The summed E-state index contributed by atoms with van der Waals surface area (Å²) < 4.78 is 10.9. The Hall–Kier alpha value is -0.650. The number of rotatable bonds is 8. The average molecular weight is 328 g/mol. The highest BCUT2D eigenvalue weighted by Gasteiger charge is 2.22. The molecule has 0 amide bonds. The zero-order valence-electron chi connectivity index (χ0n) is 13.2. The third-order valence-electron chi connectivity index (χ3n) is 4.08. The molecule has 2 rings (SSSR count). The van der Waals surface area contributed by atoms with Crippen LogP contribution in [0.5, 0.6) is 0 Å². The second-order valence-electron chi connectivity index (χ2n) is 5.75. The van der Waals surface area contributed by atoms with Crippen molar-refractivity contribution in [3.05, 3.63) is 34.9 Å². The molecule has 1 heterocycles. The first-order valence-corrected chi connectivity index (χ1v) is 8.34. The summed E-state index contributed by atoms with van der Waals surface area (Å²) in [5.74, 6) is 0. The van der Waals surface area contributed by atoms with Crippen LogP contribution in [0.4, 0.5) is 0 Å². The largest absolute Gasteiger partial charge is 0.387 e. The molecule has 1 unspecified atom stereocenters. The van der Waals surface area contributed by atoms with Crippen LogP contribution >= 0.6 is 11.6 Å². The van der Waals surface area contributed by atoms with E-state index >= 15 is 0 Å². The molecule has 1 aromatic rings. The van der Waals surface area contributed by atoms with Crippen molar-refractivity contribution >= 4 is 11.6 Å². The van der Waals surface area contributed by atoms with Crippen LogP contribution in [0.3, 0.4) is 0 Å². The zero-order chi connectivity index (χ0) is 15.8. The van der Waals surface area contributed by atoms with Crippen LogP contribution in [0.15, 0.2) is 24.3 Å². The summed E-state index contributed by atoms with van der Waals surface area (Å²) >= 11 is 6.13. The molecular formula is C17H26ClNO3. The van der Waals surface area contributed by atoms with Gasteiger partial charge in [-0.15, -0.1) is 0 Å². The minimum absolute atomic E-state index is 0.338. The maximum Gasteiger partial charge on any atom is 0.0931 e. The number of methoxy groups -OCH3 is 1. The molecule has 1 saturated heterocycles. The van der Waals surface area contributed by atoms with Crippen molar-refractivity contribution in [3.8, 4) is 0 Å². The van der Waals surface area contributed by atoms with Gasteiger partial charge >= 0.3 is 0 Å².